The molecule has 2 rings (SSSR count). The van der Waals surface area contributed by atoms with Crippen molar-refractivity contribution in [2.24, 2.45) is 0 Å². The van der Waals surface area contributed by atoms with Gasteiger partial charge in [-0.15, -0.1) is 0 Å². The van der Waals surface area contributed by atoms with Crippen LogP contribution in [0.4, 0.5) is 0 Å². The van der Waals surface area contributed by atoms with Crippen LogP contribution in [0.15, 0.2) is 0 Å². The minimum Gasteiger partial charge on any atom is -0.310 e. The van der Waals surface area contributed by atoms with E-state index in [1.807, 2.05) is 0 Å². The van der Waals surface area contributed by atoms with Crippen molar-refractivity contribution >= 4 is 0 Å². The fraction of sp³-hybridized carbons (Fsp3) is 1.00. The standard InChI is InChI=1S/C6H13N.C5H11N.C4H11N/c1-3-7-5-4-6(7)2;1-5-3-4-6(5)2;1-4-5(2)3/h6H,3-5H2,1-2H3;5H,3-4H2,1-2H3;4H2,1-3H3/t6-;5-;/m11./s1. The lowest BCUT2D eigenvalue weighted by Gasteiger charge is -2.37. The predicted octanol–water partition coefficient (Wildman–Crippen LogP) is 2.38. The SMILES string of the molecule is CCN(C)C.CCN1CC[C@H]1C.C[C@@H]1CCN1C. The second kappa shape index (κ2) is 9.76. The van der Waals surface area contributed by atoms with Gasteiger partial charge in [0.1, 0.15) is 0 Å². The first-order valence-corrected chi connectivity index (χ1v) is 7.51. The van der Waals surface area contributed by atoms with E-state index < -0.39 is 0 Å². The number of nitrogens with zero attached hydrogens (tertiary/aromatic N) is 3. The van der Waals surface area contributed by atoms with Crippen molar-refractivity contribution in [1.29, 1.82) is 0 Å². The van der Waals surface area contributed by atoms with E-state index in [2.05, 4.69) is 63.5 Å². The molecule has 2 fully saturated rings. The quantitative estimate of drug-likeness (QED) is 0.752. The Kier molecular flexibility index (Phi) is 9.70. The molecule has 2 atom stereocenters. The van der Waals surface area contributed by atoms with Gasteiger partial charge in [-0.1, -0.05) is 13.8 Å². The summed E-state index contributed by atoms with van der Waals surface area (Å²) in [4.78, 5) is 6.94. The molecule has 0 aromatic rings. The maximum atomic E-state index is 2.47. The molecule has 110 valence electrons. The van der Waals surface area contributed by atoms with Crippen LogP contribution in [0.3, 0.4) is 0 Å². The van der Waals surface area contributed by atoms with Gasteiger partial charge in [0.25, 0.3) is 0 Å². The third-order valence-electron chi connectivity index (χ3n) is 4.15. The van der Waals surface area contributed by atoms with Crippen molar-refractivity contribution in [3.63, 3.8) is 0 Å². The smallest absolute Gasteiger partial charge is 0.00789 e. The molecule has 0 bridgehead atoms. The van der Waals surface area contributed by atoms with E-state index in [1.165, 1.54) is 32.5 Å². The molecule has 2 aliphatic heterocycles. The molecular weight excluding hydrogens is 222 g/mol. The van der Waals surface area contributed by atoms with Crippen LogP contribution in [0.2, 0.25) is 0 Å². The Labute approximate surface area is 115 Å². The molecule has 0 aromatic carbocycles. The molecule has 0 radical (unpaired) electrons. The van der Waals surface area contributed by atoms with Gasteiger partial charge in [0.05, 0.1) is 0 Å². The lowest BCUT2D eigenvalue weighted by molar-refractivity contribution is 0.113. The molecule has 18 heavy (non-hydrogen) atoms. The van der Waals surface area contributed by atoms with Crippen LogP contribution in [0, 0.1) is 0 Å². The summed E-state index contributed by atoms with van der Waals surface area (Å²) in [5, 5.41) is 0. The second-order valence-corrected chi connectivity index (χ2v) is 5.78. The number of rotatable bonds is 2. The summed E-state index contributed by atoms with van der Waals surface area (Å²) in [5.41, 5.74) is 0. The van der Waals surface area contributed by atoms with Crippen LogP contribution < -0.4 is 0 Å². The fourth-order valence-electron chi connectivity index (χ4n) is 1.69. The zero-order chi connectivity index (χ0) is 14.1. The minimum absolute atomic E-state index is 0.866. The zero-order valence-corrected chi connectivity index (χ0v) is 13.7. The largest absolute Gasteiger partial charge is 0.310 e. The van der Waals surface area contributed by atoms with E-state index in [-0.39, 0.29) is 0 Å². The molecule has 2 saturated heterocycles. The maximum Gasteiger partial charge on any atom is 0.00789 e. The molecule has 0 aliphatic carbocycles. The van der Waals surface area contributed by atoms with E-state index in [4.69, 9.17) is 0 Å². The zero-order valence-electron chi connectivity index (χ0n) is 13.7. The highest BCUT2D eigenvalue weighted by atomic mass is 15.2. The summed E-state index contributed by atoms with van der Waals surface area (Å²) >= 11 is 0. The molecule has 2 heterocycles. The Morgan fingerprint density at radius 1 is 1.00 bits per heavy atom. The molecule has 0 spiro atoms. The van der Waals surface area contributed by atoms with Crippen LogP contribution in [0.5, 0.6) is 0 Å². The highest BCUT2D eigenvalue weighted by Gasteiger charge is 2.20. The van der Waals surface area contributed by atoms with E-state index in [0.717, 1.165) is 18.6 Å². The fourth-order valence-corrected chi connectivity index (χ4v) is 1.69. The first kappa shape index (κ1) is 17.9. The monoisotopic (exact) mass is 257 g/mol. The van der Waals surface area contributed by atoms with Gasteiger partial charge in [-0.2, -0.15) is 0 Å². The van der Waals surface area contributed by atoms with Crippen LogP contribution in [0.1, 0.15) is 40.5 Å². The van der Waals surface area contributed by atoms with Crippen molar-refractivity contribution in [2.75, 3.05) is 47.3 Å². The summed E-state index contributed by atoms with van der Waals surface area (Å²) in [5.74, 6) is 0. The lowest BCUT2D eigenvalue weighted by atomic mass is 10.1. The van der Waals surface area contributed by atoms with Crippen LogP contribution in [0.25, 0.3) is 0 Å². The molecule has 0 unspecified atom stereocenters. The third kappa shape index (κ3) is 7.34. The molecule has 0 saturated carbocycles. The van der Waals surface area contributed by atoms with Gasteiger partial charge < -0.3 is 14.7 Å². The first-order chi connectivity index (χ1) is 8.42. The summed E-state index contributed by atoms with van der Waals surface area (Å²) in [7, 11) is 6.27. The van der Waals surface area contributed by atoms with Crippen molar-refractivity contribution in [3.05, 3.63) is 0 Å². The number of likely N-dealkylation sites (tertiary alicyclic amines) is 2. The van der Waals surface area contributed by atoms with Gasteiger partial charge in [-0.25, -0.2) is 0 Å². The molecule has 0 amide bonds. The van der Waals surface area contributed by atoms with Gasteiger partial charge in [0.15, 0.2) is 0 Å². The lowest BCUT2D eigenvalue weighted by Crippen LogP contribution is -2.45. The number of hydrogen-bond donors (Lipinski definition) is 0. The summed E-state index contributed by atoms with van der Waals surface area (Å²) in [6.45, 7) is 13.9. The third-order valence-corrected chi connectivity index (χ3v) is 4.15. The average molecular weight is 257 g/mol. The predicted molar refractivity (Wildman–Crippen MR) is 82.3 cm³/mol. The minimum atomic E-state index is 0.866. The Hall–Kier alpha value is -0.120. The Morgan fingerprint density at radius 2 is 1.44 bits per heavy atom. The van der Waals surface area contributed by atoms with Gasteiger partial charge >= 0.3 is 0 Å². The van der Waals surface area contributed by atoms with Crippen molar-refractivity contribution in [1.82, 2.24) is 14.7 Å². The maximum absolute atomic E-state index is 2.47. The average Bonchev–Trinajstić information content (AvgIpc) is 2.36. The van der Waals surface area contributed by atoms with Crippen molar-refractivity contribution < 1.29 is 0 Å². The molecule has 3 nitrogen and oxygen atoms in total. The summed E-state index contributed by atoms with van der Waals surface area (Å²) < 4.78 is 0. The van der Waals surface area contributed by atoms with Gasteiger partial charge in [-0.3, -0.25) is 0 Å². The Bertz CT molecular complexity index is 184. The van der Waals surface area contributed by atoms with Crippen LogP contribution in [-0.2, 0) is 0 Å². The van der Waals surface area contributed by atoms with Crippen LogP contribution >= 0.6 is 0 Å². The highest BCUT2D eigenvalue weighted by Crippen LogP contribution is 2.14. The van der Waals surface area contributed by atoms with E-state index in [0.29, 0.717) is 0 Å². The van der Waals surface area contributed by atoms with E-state index >= 15 is 0 Å². The van der Waals surface area contributed by atoms with Crippen molar-refractivity contribution in [3.8, 4) is 0 Å². The second-order valence-electron chi connectivity index (χ2n) is 5.78. The first-order valence-electron chi connectivity index (χ1n) is 7.51. The van der Waals surface area contributed by atoms with Gasteiger partial charge in [-0.05, 0) is 74.0 Å². The van der Waals surface area contributed by atoms with Gasteiger partial charge in [0.2, 0.25) is 0 Å². The normalized spacial score (nSPS) is 27.3. The molecular formula is C15H35N3. The van der Waals surface area contributed by atoms with Gasteiger partial charge in [0, 0.05) is 12.1 Å². The molecule has 0 aromatic heterocycles. The Balaban J connectivity index is 0.000000245. The topological polar surface area (TPSA) is 9.72 Å². The summed E-state index contributed by atoms with van der Waals surface area (Å²) in [6, 6.07) is 1.75. The molecule has 2 aliphatic rings. The van der Waals surface area contributed by atoms with E-state index in [9.17, 15) is 0 Å². The molecule has 3 heteroatoms. The highest BCUT2D eigenvalue weighted by molar-refractivity contribution is 4.76. The van der Waals surface area contributed by atoms with Crippen molar-refractivity contribution in [2.45, 2.75) is 52.6 Å². The molecule has 0 N–H and O–H groups in total. The van der Waals surface area contributed by atoms with E-state index in [1.54, 1.807) is 0 Å². The number of hydrogen-bond acceptors (Lipinski definition) is 3. The summed E-state index contributed by atoms with van der Waals surface area (Å²) in [6.07, 6.45) is 2.81. The van der Waals surface area contributed by atoms with Crippen LogP contribution in [-0.4, -0.2) is 74.1 Å². The Morgan fingerprint density at radius 3 is 1.44 bits per heavy atom.